The van der Waals surface area contributed by atoms with E-state index in [1.54, 1.807) is 42.5 Å². The Balaban J connectivity index is 1.98. The highest BCUT2D eigenvalue weighted by atomic mass is 35.5. The van der Waals surface area contributed by atoms with Gasteiger partial charge in [0, 0.05) is 16.1 Å². The van der Waals surface area contributed by atoms with Crippen LogP contribution in [0.2, 0.25) is 5.02 Å². The first-order valence-electron chi connectivity index (χ1n) is 6.20. The minimum absolute atomic E-state index is 0.0733. The molecule has 0 unspecified atom stereocenters. The van der Waals surface area contributed by atoms with Gasteiger partial charge in [-0.05, 0) is 30.3 Å². The molecule has 0 radical (unpaired) electrons. The highest BCUT2D eigenvalue weighted by molar-refractivity contribution is 6.31. The molecule has 4 nitrogen and oxygen atoms in total. The first-order valence-corrected chi connectivity index (χ1v) is 6.58. The van der Waals surface area contributed by atoms with Crippen LogP contribution in [-0.4, -0.2) is 17.0 Å². The predicted molar refractivity (Wildman–Crippen MR) is 80.2 cm³/mol. The fourth-order valence-corrected chi connectivity index (χ4v) is 2.10. The van der Waals surface area contributed by atoms with E-state index in [2.05, 4.69) is 4.99 Å². The summed E-state index contributed by atoms with van der Waals surface area (Å²) in [5.41, 5.74) is 1.25. The van der Waals surface area contributed by atoms with Crippen molar-refractivity contribution >= 4 is 29.5 Å². The molecule has 1 heterocycles. The van der Waals surface area contributed by atoms with Gasteiger partial charge in [-0.15, -0.1) is 0 Å². The van der Waals surface area contributed by atoms with Gasteiger partial charge in [-0.3, -0.25) is 0 Å². The zero-order valence-electron chi connectivity index (χ0n) is 10.8. The Bertz CT molecular complexity index is 781. The Morgan fingerprint density at radius 1 is 1.14 bits per heavy atom. The minimum Gasteiger partial charge on any atom is -0.507 e. The first-order chi connectivity index (χ1) is 10.1. The number of esters is 1. The van der Waals surface area contributed by atoms with Gasteiger partial charge in [0.15, 0.2) is 5.70 Å². The number of para-hydroxylation sites is 1. The Labute approximate surface area is 126 Å². The molecule has 3 rings (SSSR count). The zero-order chi connectivity index (χ0) is 14.8. The van der Waals surface area contributed by atoms with Crippen LogP contribution < -0.4 is 0 Å². The molecule has 0 atom stereocenters. The summed E-state index contributed by atoms with van der Waals surface area (Å²) in [4.78, 5) is 16.0. The molecule has 0 bridgehead atoms. The highest BCUT2D eigenvalue weighted by Gasteiger charge is 2.24. The van der Waals surface area contributed by atoms with Gasteiger partial charge in [0.25, 0.3) is 0 Å². The number of aliphatic imine (C=N–C) groups is 1. The lowest BCUT2D eigenvalue weighted by molar-refractivity contribution is -0.129. The topological polar surface area (TPSA) is 58.9 Å². The molecule has 104 valence electrons. The monoisotopic (exact) mass is 299 g/mol. The van der Waals surface area contributed by atoms with Crippen LogP contribution in [0.15, 0.2) is 59.2 Å². The lowest BCUT2D eigenvalue weighted by atomic mass is 10.1. The van der Waals surface area contributed by atoms with Crippen LogP contribution in [0.3, 0.4) is 0 Å². The lowest BCUT2D eigenvalue weighted by Crippen LogP contribution is -2.05. The van der Waals surface area contributed by atoms with Gasteiger partial charge < -0.3 is 9.84 Å². The molecule has 1 aliphatic rings. The van der Waals surface area contributed by atoms with Crippen molar-refractivity contribution in [1.82, 2.24) is 0 Å². The second-order valence-electron chi connectivity index (χ2n) is 4.41. The van der Waals surface area contributed by atoms with Crippen LogP contribution in [-0.2, 0) is 9.53 Å². The number of aromatic hydroxyl groups is 1. The molecule has 0 saturated heterocycles. The smallest absolute Gasteiger partial charge is 0.363 e. The number of cyclic esters (lactones) is 1. The van der Waals surface area contributed by atoms with Crippen molar-refractivity contribution in [1.29, 1.82) is 0 Å². The van der Waals surface area contributed by atoms with E-state index in [4.69, 9.17) is 16.3 Å². The SMILES string of the molecule is O=C1OC(c2cccc(Cl)c2)=N/C1=C\c1ccccc1O. The van der Waals surface area contributed by atoms with Crippen molar-refractivity contribution in [2.24, 2.45) is 4.99 Å². The number of nitrogens with zero attached hydrogens (tertiary/aromatic N) is 1. The second kappa shape index (κ2) is 5.42. The summed E-state index contributed by atoms with van der Waals surface area (Å²) in [6, 6.07) is 13.6. The number of halogens is 1. The maximum Gasteiger partial charge on any atom is 0.363 e. The van der Waals surface area contributed by atoms with Crippen LogP contribution in [0.1, 0.15) is 11.1 Å². The summed E-state index contributed by atoms with van der Waals surface area (Å²) in [6.45, 7) is 0. The molecular weight excluding hydrogens is 290 g/mol. The fraction of sp³-hybridized carbons (Fsp3) is 0. The summed E-state index contributed by atoms with van der Waals surface area (Å²) in [5, 5.41) is 10.2. The van der Waals surface area contributed by atoms with E-state index in [0.29, 0.717) is 16.1 Å². The molecule has 0 spiro atoms. The first kappa shape index (κ1) is 13.4. The molecule has 2 aromatic rings. The molecule has 1 N–H and O–H groups in total. The Hall–Kier alpha value is -2.59. The molecule has 5 heteroatoms. The van der Waals surface area contributed by atoms with Gasteiger partial charge in [0.1, 0.15) is 5.75 Å². The van der Waals surface area contributed by atoms with E-state index in [0.717, 1.165) is 0 Å². The largest absolute Gasteiger partial charge is 0.507 e. The van der Waals surface area contributed by atoms with E-state index in [-0.39, 0.29) is 17.3 Å². The average Bonchev–Trinajstić information content (AvgIpc) is 2.83. The number of rotatable bonds is 2. The minimum atomic E-state index is -0.562. The lowest BCUT2D eigenvalue weighted by Gasteiger charge is -1.99. The molecule has 2 aromatic carbocycles. The Kier molecular flexibility index (Phi) is 3.46. The Morgan fingerprint density at radius 3 is 2.71 bits per heavy atom. The standard InChI is InChI=1S/C16H10ClNO3/c17-12-6-3-5-11(8-12)15-18-13(16(20)21-15)9-10-4-1-2-7-14(10)19/h1-9,19H/b13-9-. The van der Waals surface area contributed by atoms with E-state index in [1.807, 2.05) is 0 Å². The summed E-state index contributed by atoms with van der Waals surface area (Å²) >= 11 is 5.90. The van der Waals surface area contributed by atoms with Crippen molar-refractivity contribution in [3.63, 3.8) is 0 Å². The van der Waals surface area contributed by atoms with Crippen LogP contribution in [0.25, 0.3) is 6.08 Å². The van der Waals surface area contributed by atoms with Gasteiger partial charge in [-0.25, -0.2) is 9.79 Å². The number of carbonyl (C=O) groups excluding carboxylic acids is 1. The quantitative estimate of drug-likeness (QED) is 0.683. The van der Waals surface area contributed by atoms with E-state index >= 15 is 0 Å². The van der Waals surface area contributed by atoms with Gasteiger partial charge in [0.05, 0.1) is 0 Å². The molecule has 1 aliphatic heterocycles. The van der Waals surface area contributed by atoms with Crippen LogP contribution in [0.5, 0.6) is 5.75 Å². The van der Waals surface area contributed by atoms with Crippen LogP contribution in [0.4, 0.5) is 0 Å². The maximum atomic E-state index is 11.8. The van der Waals surface area contributed by atoms with Gasteiger partial charge in [-0.2, -0.15) is 0 Å². The fourth-order valence-electron chi connectivity index (χ4n) is 1.91. The third kappa shape index (κ3) is 2.80. The predicted octanol–water partition coefficient (Wildman–Crippen LogP) is 3.39. The molecule has 0 saturated carbocycles. The third-order valence-corrected chi connectivity index (χ3v) is 3.16. The number of phenols is 1. The van der Waals surface area contributed by atoms with Crippen molar-refractivity contribution < 1.29 is 14.6 Å². The number of hydrogen-bond donors (Lipinski definition) is 1. The number of carbonyl (C=O) groups is 1. The zero-order valence-corrected chi connectivity index (χ0v) is 11.5. The summed E-state index contributed by atoms with van der Waals surface area (Å²) in [6.07, 6.45) is 1.48. The van der Waals surface area contributed by atoms with Crippen LogP contribution in [0, 0.1) is 0 Å². The van der Waals surface area contributed by atoms with Crippen molar-refractivity contribution in [3.8, 4) is 5.75 Å². The second-order valence-corrected chi connectivity index (χ2v) is 4.84. The van der Waals surface area contributed by atoms with Crippen molar-refractivity contribution in [2.75, 3.05) is 0 Å². The van der Waals surface area contributed by atoms with E-state index in [1.165, 1.54) is 12.1 Å². The Morgan fingerprint density at radius 2 is 1.95 bits per heavy atom. The normalized spacial score (nSPS) is 16.0. The molecule has 0 fully saturated rings. The van der Waals surface area contributed by atoms with Crippen LogP contribution >= 0.6 is 11.6 Å². The highest BCUT2D eigenvalue weighted by Crippen LogP contribution is 2.24. The van der Waals surface area contributed by atoms with E-state index in [9.17, 15) is 9.90 Å². The number of phenolic OH excluding ortho intramolecular Hbond substituents is 1. The molecule has 0 aliphatic carbocycles. The van der Waals surface area contributed by atoms with Crippen molar-refractivity contribution in [3.05, 3.63) is 70.4 Å². The number of benzene rings is 2. The number of ether oxygens (including phenoxy) is 1. The molecule has 0 aromatic heterocycles. The third-order valence-electron chi connectivity index (χ3n) is 2.92. The van der Waals surface area contributed by atoms with Gasteiger partial charge >= 0.3 is 5.97 Å². The molecule has 0 amide bonds. The van der Waals surface area contributed by atoms with E-state index < -0.39 is 5.97 Å². The molecule has 21 heavy (non-hydrogen) atoms. The van der Waals surface area contributed by atoms with Gasteiger partial charge in [-0.1, -0.05) is 35.9 Å². The molecular formula is C16H10ClNO3. The maximum absolute atomic E-state index is 11.8. The van der Waals surface area contributed by atoms with Gasteiger partial charge in [0.2, 0.25) is 5.90 Å². The average molecular weight is 300 g/mol. The number of hydrogen-bond acceptors (Lipinski definition) is 4. The summed E-state index contributed by atoms with van der Waals surface area (Å²) in [5.74, 6) is -0.290. The summed E-state index contributed by atoms with van der Waals surface area (Å²) in [7, 11) is 0. The van der Waals surface area contributed by atoms with Crippen molar-refractivity contribution in [2.45, 2.75) is 0 Å². The summed E-state index contributed by atoms with van der Waals surface area (Å²) < 4.78 is 5.13.